The Morgan fingerprint density at radius 1 is 1.29 bits per heavy atom. The van der Waals surface area contributed by atoms with E-state index in [4.69, 9.17) is 5.73 Å². The number of rotatable bonds is 4. The van der Waals surface area contributed by atoms with Crippen LogP contribution in [0.4, 0.5) is 21.5 Å². The number of benzene rings is 2. The average molecular weight is 288 g/mol. The topological polar surface area (TPSA) is 75.3 Å². The van der Waals surface area contributed by atoms with E-state index >= 15 is 0 Å². The van der Waals surface area contributed by atoms with Crippen molar-refractivity contribution in [3.8, 4) is 0 Å². The molecular formula is C16H17FN2O2. The number of carboxylic acids is 1. The van der Waals surface area contributed by atoms with E-state index in [1.54, 1.807) is 0 Å². The van der Waals surface area contributed by atoms with Gasteiger partial charge in [0.15, 0.2) is 0 Å². The number of hydrogen-bond acceptors (Lipinski definition) is 3. The molecule has 0 unspecified atom stereocenters. The lowest BCUT2D eigenvalue weighted by atomic mass is 10.0. The Balaban J connectivity index is 2.42. The van der Waals surface area contributed by atoms with Crippen molar-refractivity contribution in [3.05, 3.63) is 53.3 Å². The van der Waals surface area contributed by atoms with Crippen LogP contribution in [0.1, 0.15) is 35.7 Å². The van der Waals surface area contributed by atoms with Crippen molar-refractivity contribution in [2.75, 3.05) is 11.1 Å². The molecule has 2 aromatic carbocycles. The van der Waals surface area contributed by atoms with Gasteiger partial charge in [-0.3, -0.25) is 0 Å². The average Bonchev–Trinajstić information content (AvgIpc) is 2.43. The highest BCUT2D eigenvalue weighted by Crippen LogP contribution is 2.29. The Bertz CT molecular complexity index is 684. The number of nitrogen functional groups attached to an aromatic ring is 1. The molecule has 0 bridgehead atoms. The fourth-order valence-corrected chi connectivity index (χ4v) is 2.06. The summed E-state index contributed by atoms with van der Waals surface area (Å²) in [5, 5.41) is 12.2. The first kappa shape index (κ1) is 14.8. The van der Waals surface area contributed by atoms with E-state index in [1.165, 1.54) is 6.07 Å². The number of nitrogens with one attached hydrogen (secondary N) is 1. The van der Waals surface area contributed by atoms with Gasteiger partial charge in [-0.1, -0.05) is 26.0 Å². The van der Waals surface area contributed by atoms with E-state index in [9.17, 15) is 14.3 Å². The van der Waals surface area contributed by atoms with Crippen molar-refractivity contribution >= 4 is 23.0 Å². The van der Waals surface area contributed by atoms with Crippen molar-refractivity contribution in [1.82, 2.24) is 0 Å². The van der Waals surface area contributed by atoms with E-state index in [2.05, 4.69) is 19.2 Å². The number of anilines is 3. The molecule has 0 saturated heterocycles. The maximum atomic E-state index is 13.4. The fourth-order valence-electron chi connectivity index (χ4n) is 2.06. The summed E-state index contributed by atoms with van der Waals surface area (Å²) in [6.07, 6.45) is 0. The highest BCUT2D eigenvalue weighted by molar-refractivity contribution is 6.00. The van der Waals surface area contributed by atoms with Crippen LogP contribution < -0.4 is 11.1 Å². The maximum Gasteiger partial charge on any atom is 0.340 e. The van der Waals surface area contributed by atoms with Crippen LogP contribution in [0.2, 0.25) is 0 Å². The van der Waals surface area contributed by atoms with Gasteiger partial charge in [-0.2, -0.15) is 0 Å². The fraction of sp³-hybridized carbons (Fsp3) is 0.188. The molecule has 0 fully saturated rings. The lowest BCUT2D eigenvalue weighted by Gasteiger charge is -2.14. The molecule has 0 saturated carbocycles. The molecule has 4 nitrogen and oxygen atoms in total. The largest absolute Gasteiger partial charge is 0.478 e. The summed E-state index contributed by atoms with van der Waals surface area (Å²) >= 11 is 0. The van der Waals surface area contributed by atoms with E-state index in [0.717, 1.165) is 17.3 Å². The molecule has 0 aliphatic heterocycles. The monoisotopic (exact) mass is 288 g/mol. The molecule has 110 valence electrons. The normalized spacial score (nSPS) is 10.7. The van der Waals surface area contributed by atoms with E-state index in [0.29, 0.717) is 5.92 Å². The van der Waals surface area contributed by atoms with Crippen molar-refractivity contribution in [3.63, 3.8) is 0 Å². The number of halogens is 1. The first-order valence-electron chi connectivity index (χ1n) is 6.58. The summed E-state index contributed by atoms with van der Waals surface area (Å²) in [5.41, 5.74) is 7.01. The summed E-state index contributed by atoms with van der Waals surface area (Å²) < 4.78 is 13.4. The van der Waals surface area contributed by atoms with E-state index in [1.807, 2.05) is 24.3 Å². The molecule has 0 aliphatic rings. The molecule has 5 heteroatoms. The number of carbonyl (C=O) groups is 1. The molecule has 2 rings (SSSR count). The minimum Gasteiger partial charge on any atom is -0.478 e. The van der Waals surface area contributed by atoms with Crippen LogP contribution in [0, 0.1) is 5.82 Å². The second-order valence-corrected chi connectivity index (χ2v) is 5.09. The number of carboxylic acid groups (broad SMARTS) is 1. The van der Waals surface area contributed by atoms with Gasteiger partial charge in [0.2, 0.25) is 0 Å². The Labute approximate surface area is 122 Å². The molecule has 0 amide bonds. The van der Waals surface area contributed by atoms with Crippen LogP contribution in [0.5, 0.6) is 0 Å². The van der Waals surface area contributed by atoms with Gasteiger partial charge in [-0.15, -0.1) is 0 Å². The Hall–Kier alpha value is -2.56. The lowest BCUT2D eigenvalue weighted by Crippen LogP contribution is -2.08. The first-order valence-corrected chi connectivity index (χ1v) is 6.58. The molecule has 4 N–H and O–H groups in total. The van der Waals surface area contributed by atoms with Crippen molar-refractivity contribution in [1.29, 1.82) is 0 Å². The summed E-state index contributed by atoms with van der Waals surface area (Å²) in [7, 11) is 0. The van der Waals surface area contributed by atoms with Gasteiger partial charge >= 0.3 is 5.97 Å². The number of nitrogens with two attached hydrogens (primary N) is 1. The zero-order valence-corrected chi connectivity index (χ0v) is 11.9. The van der Waals surface area contributed by atoms with Crippen molar-refractivity contribution in [2.45, 2.75) is 19.8 Å². The van der Waals surface area contributed by atoms with Crippen LogP contribution in [-0.2, 0) is 0 Å². The van der Waals surface area contributed by atoms with Crippen molar-refractivity contribution < 1.29 is 14.3 Å². The van der Waals surface area contributed by atoms with Crippen LogP contribution in [0.25, 0.3) is 0 Å². The predicted octanol–water partition coefficient (Wildman–Crippen LogP) is 3.97. The van der Waals surface area contributed by atoms with Crippen LogP contribution in [0.15, 0.2) is 36.4 Å². The summed E-state index contributed by atoms with van der Waals surface area (Å²) in [5.74, 6) is -1.66. The first-order chi connectivity index (χ1) is 9.90. The van der Waals surface area contributed by atoms with Gasteiger partial charge in [0.05, 0.1) is 11.4 Å². The lowest BCUT2D eigenvalue weighted by molar-refractivity contribution is 0.0698. The van der Waals surface area contributed by atoms with Gasteiger partial charge in [0, 0.05) is 5.69 Å². The molecule has 0 heterocycles. The second-order valence-electron chi connectivity index (χ2n) is 5.09. The SMILES string of the molecule is CC(C)c1cccc(Nc2ccc(F)c(N)c2C(=O)O)c1. The minimum atomic E-state index is -1.27. The maximum absolute atomic E-state index is 13.4. The van der Waals surface area contributed by atoms with Crippen molar-refractivity contribution in [2.24, 2.45) is 0 Å². The minimum absolute atomic E-state index is 0.259. The summed E-state index contributed by atoms with van der Waals surface area (Å²) in [6.45, 7) is 4.13. The highest BCUT2D eigenvalue weighted by atomic mass is 19.1. The van der Waals surface area contributed by atoms with Gasteiger partial charge < -0.3 is 16.2 Å². The molecule has 0 radical (unpaired) electrons. The molecule has 0 atom stereocenters. The van der Waals surface area contributed by atoms with Crippen LogP contribution >= 0.6 is 0 Å². The Morgan fingerprint density at radius 3 is 2.62 bits per heavy atom. The molecule has 0 aliphatic carbocycles. The summed E-state index contributed by atoms with van der Waals surface area (Å²) in [6, 6.07) is 10.1. The molecule has 0 aromatic heterocycles. The quantitative estimate of drug-likeness (QED) is 0.744. The molecular weight excluding hydrogens is 271 g/mol. The Morgan fingerprint density at radius 2 is 2.00 bits per heavy atom. The predicted molar refractivity (Wildman–Crippen MR) is 81.6 cm³/mol. The van der Waals surface area contributed by atoms with E-state index < -0.39 is 11.8 Å². The van der Waals surface area contributed by atoms with Crippen LogP contribution in [0.3, 0.4) is 0 Å². The molecule has 21 heavy (non-hydrogen) atoms. The smallest absolute Gasteiger partial charge is 0.340 e. The third kappa shape index (κ3) is 3.13. The highest BCUT2D eigenvalue weighted by Gasteiger charge is 2.17. The molecule has 2 aromatic rings. The number of hydrogen-bond donors (Lipinski definition) is 3. The Kier molecular flexibility index (Phi) is 4.12. The third-order valence-corrected chi connectivity index (χ3v) is 3.24. The van der Waals surface area contributed by atoms with Gasteiger partial charge in [0.25, 0.3) is 0 Å². The van der Waals surface area contributed by atoms with Crippen LogP contribution in [-0.4, -0.2) is 11.1 Å². The summed E-state index contributed by atoms with van der Waals surface area (Å²) in [4.78, 5) is 11.3. The van der Waals surface area contributed by atoms with E-state index in [-0.39, 0.29) is 16.9 Å². The third-order valence-electron chi connectivity index (χ3n) is 3.24. The second kappa shape index (κ2) is 5.83. The van der Waals surface area contributed by atoms with Gasteiger partial charge in [-0.25, -0.2) is 9.18 Å². The number of aromatic carboxylic acids is 1. The zero-order valence-electron chi connectivity index (χ0n) is 11.9. The molecule has 0 spiro atoms. The zero-order chi connectivity index (χ0) is 15.6. The van der Waals surface area contributed by atoms with Gasteiger partial charge in [-0.05, 0) is 35.7 Å². The standard InChI is InChI=1S/C16H17FN2O2/c1-9(2)10-4-3-5-11(8-10)19-13-7-6-12(17)15(18)14(13)16(20)21/h3-9,19H,18H2,1-2H3,(H,20,21). The van der Waals surface area contributed by atoms with Gasteiger partial charge in [0.1, 0.15) is 11.4 Å².